The second-order valence-corrected chi connectivity index (χ2v) is 11.7. The predicted molar refractivity (Wildman–Crippen MR) is 191 cm³/mol. The van der Waals surface area contributed by atoms with Crippen LogP contribution in [0.25, 0.3) is 66.0 Å². The average molecular weight is 612 g/mol. The van der Waals surface area contributed by atoms with E-state index < -0.39 is 0 Å². The summed E-state index contributed by atoms with van der Waals surface area (Å²) in [7, 11) is 2.01. The molecular formula is C39H37N3O4. The fraction of sp³-hybridized carbons (Fsp3) is 0.231. The lowest BCUT2D eigenvalue weighted by atomic mass is 10.0. The van der Waals surface area contributed by atoms with Crippen LogP contribution in [0.4, 0.5) is 11.4 Å². The van der Waals surface area contributed by atoms with E-state index in [1.807, 2.05) is 67.7 Å². The molecule has 0 unspecified atom stereocenters. The summed E-state index contributed by atoms with van der Waals surface area (Å²) in [6.45, 7) is 12.0. The van der Waals surface area contributed by atoms with Crippen LogP contribution in [0.3, 0.4) is 0 Å². The lowest BCUT2D eigenvalue weighted by molar-refractivity contribution is 0.563. The maximum atomic E-state index is 13.2. The molecule has 7 nitrogen and oxygen atoms in total. The molecule has 0 amide bonds. The van der Waals surface area contributed by atoms with Crippen LogP contribution in [0, 0.1) is 0 Å². The maximum Gasteiger partial charge on any atom is 0.344 e. The van der Waals surface area contributed by atoms with Crippen molar-refractivity contribution >= 4 is 55.1 Å². The topological polar surface area (TPSA) is 71.8 Å². The van der Waals surface area contributed by atoms with E-state index >= 15 is 0 Å². The van der Waals surface area contributed by atoms with Crippen molar-refractivity contribution < 1.29 is 8.83 Å². The van der Waals surface area contributed by atoms with Gasteiger partial charge in [0.15, 0.2) is 0 Å². The summed E-state index contributed by atoms with van der Waals surface area (Å²) in [5, 5.41) is 3.89. The zero-order valence-corrected chi connectivity index (χ0v) is 26.9. The highest BCUT2D eigenvalue weighted by molar-refractivity contribution is 6.10. The average Bonchev–Trinajstić information content (AvgIpc) is 3.35. The number of rotatable bonds is 8. The van der Waals surface area contributed by atoms with E-state index in [9.17, 15) is 9.59 Å². The molecule has 232 valence electrons. The van der Waals surface area contributed by atoms with Crippen molar-refractivity contribution in [2.24, 2.45) is 7.05 Å². The molecule has 0 spiro atoms. The van der Waals surface area contributed by atoms with Crippen LogP contribution in [-0.4, -0.2) is 30.7 Å². The molecular weight excluding hydrogens is 574 g/mol. The Morgan fingerprint density at radius 2 is 0.957 bits per heavy atom. The van der Waals surface area contributed by atoms with Crippen molar-refractivity contribution in [3.63, 3.8) is 0 Å². The Morgan fingerprint density at radius 1 is 0.543 bits per heavy atom. The Morgan fingerprint density at radius 3 is 1.35 bits per heavy atom. The van der Waals surface area contributed by atoms with Gasteiger partial charge in [0.1, 0.15) is 11.2 Å². The third-order valence-corrected chi connectivity index (χ3v) is 9.33. The standard InChI is InChI=1S/C39H37N3O4/c1-6-41(7-2)28-14-10-26-18-32(38(43)45-36(26)22-28)24-12-16-30-31-17-13-25(21-35(31)40(5)34(30)20-24)33-19-27-11-15-29(42(8-3)9-4)23-37(27)46-39(33)44/h10-23H,6-9H2,1-5H3. The first-order valence-corrected chi connectivity index (χ1v) is 16.0. The van der Waals surface area contributed by atoms with Gasteiger partial charge in [-0.2, -0.15) is 0 Å². The molecule has 0 radical (unpaired) electrons. The first-order valence-electron chi connectivity index (χ1n) is 16.0. The minimum Gasteiger partial charge on any atom is -0.422 e. The molecule has 0 saturated carbocycles. The van der Waals surface area contributed by atoms with Crippen LogP contribution < -0.4 is 21.1 Å². The van der Waals surface area contributed by atoms with Gasteiger partial charge in [0.05, 0.1) is 11.1 Å². The van der Waals surface area contributed by atoms with Gasteiger partial charge < -0.3 is 23.2 Å². The van der Waals surface area contributed by atoms with Crippen LogP contribution in [0.1, 0.15) is 27.7 Å². The monoisotopic (exact) mass is 611 g/mol. The van der Waals surface area contributed by atoms with E-state index in [2.05, 4.69) is 66.3 Å². The third kappa shape index (κ3) is 4.83. The lowest BCUT2D eigenvalue weighted by Crippen LogP contribution is -2.21. The summed E-state index contributed by atoms with van der Waals surface area (Å²) >= 11 is 0. The Hall–Kier alpha value is -5.30. The highest BCUT2D eigenvalue weighted by Gasteiger charge is 2.16. The molecule has 7 aromatic rings. The van der Waals surface area contributed by atoms with Gasteiger partial charge in [-0.3, -0.25) is 0 Å². The normalized spacial score (nSPS) is 11.7. The first kappa shape index (κ1) is 29.4. The number of fused-ring (bicyclic) bond motifs is 5. The Labute approximate surface area is 266 Å². The highest BCUT2D eigenvalue weighted by Crippen LogP contribution is 2.35. The van der Waals surface area contributed by atoms with E-state index in [0.717, 1.165) is 81.3 Å². The molecule has 0 aliphatic carbocycles. The van der Waals surface area contributed by atoms with Crippen molar-refractivity contribution in [1.82, 2.24) is 4.57 Å². The smallest absolute Gasteiger partial charge is 0.344 e. The molecule has 4 aromatic carbocycles. The summed E-state index contributed by atoms with van der Waals surface area (Å²) in [5.74, 6) is 0. The second-order valence-electron chi connectivity index (χ2n) is 11.7. The molecule has 3 aromatic heterocycles. The number of anilines is 2. The first-order chi connectivity index (χ1) is 22.3. The van der Waals surface area contributed by atoms with Crippen LogP contribution in [0.5, 0.6) is 0 Å². The van der Waals surface area contributed by atoms with Gasteiger partial charge in [0.2, 0.25) is 0 Å². The molecule has 0 N–H and O–H groups in total. The quantitative estimate of drug-likeness (QED) is 0.160. The Kier molecular flexibility index (Phi) is 7.40. The second kappa shape index (κ2) is 11.6. The van der Waals surface area contributed by atoms with Gasteiger partial charge in [-0.15, -0.1) is 0 Å². The van der Waals surface area contributed by atoms with Gasteiger partial charge >= 0.3 is 11.3 Å². The minimum atomic E-state index is -0.364. The van der Waals surface area contributed by atoms with Crippen LogP contribution >= 0.6 is 0 Å². The summed E-state index contributed by atoms with van der Waals surface area (Å²) in [6, 6.07) is 28.0. The van der Waals surface area contributed by atoms with Crippen molar-refractivity contribution in [3.8, 4) is 22.3 Å². The van der Waals surface area contributed by atoms with Gasteiger partial charge in [-0.05, 0) is 87.4 Å². The van der Waals surface area contributed by atoms with Gasteiger partial charge in [0.25, 0.3) is 0 Å². The zero-order valence-electron chi connectivity index (χ0n) is 26.9. The number of nitrogens with zero attached hydrogens (tertiary/aromatic N) is 3. The lowest BCUT2D eigenvalue weighted by Gasteiger charge is -2.21. The van der Waals surface area contributed by atoms with E-state index in [1.54, 1.807) is 0 Å². The largest absolute Gasteiger partial charge is 0.422 e. The fourth-order valence-electron chi connectivity index (χ4n) is 6.71. The maximum absolute atomic E-state index is 13.2. The number of aryl methyl sites for hydroxylation is 1. The Balaban J connectivity index is 1.29. The molecule has 3 heterocycles. The van der Waals surface area contributed by atoms with Crippen molar-refractivity contribution in [3.05, 3.63) is 106 Å². The van der Waals surface area contributed by atoms with Crippen molar-refractivity contribution in [2.75, 3.05) is 36.0 Å². The fourth-order valence-corrected chi connectivity index (χ4v) is 6.71. The SMILES string of the molecule is CCN(CC)c1ccc2cc(-c3ccc4c5ccc(-c6cc7ccc(N(CC)CC)cc7oc6=O)cc5n(C)c4c3)c(=O)oc2c1. The highest BCUT2D eigenvalue weighted by atomic mass is 16.4. The molecule has 7 heteroatoms. The number of hydrogen-bond donors (Lipinski definition) is 0. The zero-order chi connectivity index (χ0) is 32.1. The molecule has 0 aliphatic rings. The summed E-state index contributed by atoms with van der Waals surface area (Å²) in [6.07, 6.45) is 0. The van der Waals surface area contributed by atoms with E-state index in [4.69, 9.17) is 8.83 Å². The molecule has 0 aliphatic heterocycles. The molecule has 46 heavy (non-hydrogen) atoms. The molecule has 7 rings (SSSR count). The van der Waals surface area contributed by atoms with Crippen LogP contribution in [-0.2, 0) is 7.05 Å². The summed E-state index contributed by atoms with van der Waals surface area (Å²) < 4.78 is 13.8. The Bertz CT molecular complexity index is 2220. The number of benzene rings is 4. The van der Waals surface area contributed by atoms with Gasteiger partial charge in [0, 0.05) is 89.3 Å². The molecule has 0 bridgehead atoms. The predicted octanol–water partition coefficient (Wildman–Crippen LogP) is 8.57. The van der Waals surface area contributed by atoms with Gasteiger partial charge in [-0.25, -0.2) is 9.59 Å². The van der Waals surface area contributed by atoms with Crippen molar-refractivity contribution in [2.45, 2.75) is 27.7 Å². The van der Waals surface area contributed by atoms with E-state index in [-0.39, 0.29) is 11.3 Å². The van der Waals surface area contributed by atoms with E-state index in [1.165, 1.54) is 0 Å². The number of aromatic nitrogens is 1. The van der Waals surface area contributed by atoms with Crippen LogP contribution in [0.15, 0.2) is 103 Å². The van der Waals surface area contributed by atoms with Crippen LogP contribution in [0.2, 0.25) is 0 Å². The molecule has 0 saturated heterocycles. The molecule has 0 fully saturated rings. The molecule has 0 atom stereocenters. The summed E-state index contributed by atoms with van der Waals surface area (Å²) in [4.78, 5) is 30.9. The van der Waals surface area contributed by atoms with Crippen molar-refractivity contribution in [1.29, 1.82) is 0 Å². The summed E-state index contributed by atoms with van der Waals surface area (Å²) in [5.41, 5.74) is 7.11. The van der Waals surface area contributed by atoms with E-state index in [0.29, 0.717) is 22.3 Å². The minimum absolute atomic E-state index is 0.364. The number of hydrogen-bond acceptors (Lipinski definition) is 6. The third-order valence-electron chi connectivity index (χ3n) is 9.33. The van der Waals surface area contributed by atoms with Gasteiger partial charge in [-0.1, -0.05) is 24.3 Å².